The van der Waals surface area contributed by atoms with E-state index in [1.54, 1.807) is 17.0 Å². The zero-order chi connectivity index (χ0) is 18.9. The zero-order valence-electron chi connectivity index (χ0n) is 13.6. The van der Waals surface area contributed by atoms with Gasteiger partial charge in [-0.25, -0.2) is 9.97 Å². The maximum absolute atomic E-state index is 11.7. The fourth-order valence-electron chi connectivity index (χ4n) is 2.22. The van der Waals surface area contributed by atoms with Crippen molar-refractivity contribution >= 4 is 45.6 Å². The number of nitriles is 2. The Morgan fingerprint density at radius 2 is 1.77 bits per heavy atom. The SMILES string of the molecule is N#CCCN(CCC#N)c1ncnc(Nc2ccc(I)cc2)c1[N+](=O)[O-]. The lowest BCUT2D eigenvalue weighted by molar-refractivity contribution is -0.383. The molecule has 0 bridgehead atoms. The minimum absolute atomic E-state index is 0.0557. The Labute approximate surface area is 163 Å². The van der Waals surface area contributed by atoms with Crippen molar-refractivity contribution in [2.24, 2.45) is 0 Å². The molecule has 0 unspecified atom stereocenters. The summed E-state index contributed by atoms with van der Waals surface area (Å²) in [5, 5.41) is 32.2. The number of nitro groups is 1. The molecule has 10 heteroatoms. The molecule has 26 heavy (non-hydrogen) atoms. The highest BCUT2D eigenvalue weighted by atomic mass is 127. The third-order valence-corrected chi connectivity index (χ3v) is 4.10. The van der Waals surface area contributed by atoms with Gasteiger partial charge in [0.25, 0.3) is 0 Å². The van der Waals surface area contributed by atoms with Crippen LogP contribution in [-0.2, 0) is 0 Å². The summed E-state index contributed by atoms with van der Waals surface area (Å²) in [6, 6.07) is 11.3. The van der Waals surface area contributed by atoms with Gasteiger partial charge in [-0.15, -0.1) is 0 Å². The Morgan fingerprint density at radius 3 is 2.31 bits per heavy atom. The molecule has 1 N–H and O–H groups in total. The van der Waals surface area contributed by atoms with E-state index in [1.165, 1.54) is 6.33 Å². The predicted octanol–water partition coefficient (Wildman–Crippen LogP) is 3.37. The molecule has 0 aliphatic carbocycles. The maximum atomic E-state index is 11.7. The molecule has 2 rings (SSSR count). The van der Waals surface area contributed by atoms with Gasteiger partial charge in [0.05, 0.1) is 29.9 Å². The number of nitrogens with one attached hydrogen (secondary N) is 1. The molecule has 0 radical (unpaired) electrons. The normalized spacial score (nSPS) is 9.81. The lowest BCUT2D eigenvalue weighted by Gasteiger charge is -2.21. The summed E-state index contributed by atoms with van der Waals surface area (Å²) in [5.74, 6) is 0.142. The minimum Gasteiger partial charge on any atom is -0.349 e. The van der Waals surface area contributed by atoms with Crippen molar-refractivity contribution < 1.29 is 4.92 Å². The van der Waals surface area contributed by atoms with E-state index >= 15 is 0 Å². The fraction of sp³-hybridized carbons (Fsp3) is 0.250. The largest absolute Gasteiger partial charge is 0.353 e. The van der Waals surface area contributed by atoms with Crippen molar-refractivity contribution in [1.29, 1.82) is 10.5 Å². The van der Waals surface area contributed by atoms with Crippen LogP contribution in [0.25, 0.3) is 0 Å². The first-order valence-electron chi connectivity index (χ1n) is 7.57. The average Bonchev–Trinajstić information content (AvgIpc) is 2.63. The van der Waals surface area contributed by atoms with Gasteiger partial charge in [0.1, 0.15) is 6.33 Å². The van der Waals surface area contributed by atoms with Gasteiger partial charge in [0.15, 0.2) is 0 Å². The number of hydrogen-bond acceptors (Lipinski definition) is 8. The molecule has 0 fully saturated rings. The molecule has 9 nitrogen and oxygen atoms in total. The first kappa shape index (κ1) is 19.3. The molecule has 1 aromatic carbocycles. The minimum atomic E-state index is -0.559. The molecule has 1 aromatic heterocycles. The van der Waals surface area contributed by atoms with Gasteiger partial charge in [-0.3, -0.25) is 10.1 Å². The summed E-state index contributed by atoms with van der Waals surface area (Å²) >= 11 is 2.16. The molecule has 2 aromatic rings. The van der Waals surface area contributed by atoms with Crippen LogP contribution in [0.15, 0.2) is 30.6 Å². The van der Waals surface area contributed by atoms with Crippen LogP contribution in [0.1, 0.15) is 12.8 Å². The zero-order valence-corrected chi connectivity index (χ0v) is 15.8. The topological polar surface area (TPSA) is 132 Å². The second-order valence-electron chi connectivity index (χ2n) is 5.09. The van der Waals surface area contributed by atoms with Gasteiger partial charge < -0.3 is 10.2 Å². The molecule has 0 amide bonds. The van der Waals surface area contributed by atoms with Gasteiger partial charge in [0.2, 0.25) is 11.6 Å². The van der Waals surface area contributed by atoms with E-state index in [2.05, 4.69) is 37.9 Å². The van der Waals surface area contributed by atoms with E-state index in [1.807, 2.05) is 24.3 Å². The summed E-state index contributed by atoms with van der Waals surface area (Å²) in [6.45, 7) is 0.470. The predicted molar refractivity (Wildman–Crippen MR) is 104 cm³/mol. The fourth-order valence-corrected chi connectivity index (χ4v) is 2.58. The van der Waals surface area contributed by atoms with Gasteiger partial charge >= 0.3 is 5.69 Å². The van der Waals surface area contributed by atoms with Gasteiger partial charge in [-0.1, -0.05) is 0 Å². The third kappa shape index (κ3) is 5.00. The molecule has 0 saturated heterocycles. The number of aromatic nitrogens is 2. The van der Waals surface area contributed by atoms with Crippen LogP contribution in [0.3, 0.4) is 0 Å². The number of benzene rings is 1. The first-order chi connectivity index (χ1) is 12.6. The number of nitrogens with zero attached hydrogens (tertiary/aromatic N) is 6. The maximum Gasteiger partial charge on any atom is 0.353 e. The Morgan fingerprint density at radius 1 is 1.15 bits per heavy atom. The molecular weight excluding hydrogens is 449 g/mol. The Kier molecular flexibility index (Phi) is 7.05. The monoisotopic (exact) mass is 463 g/mol. The van der Waals surface area contributed by atoms with Crippen molar-refractivity contribution in [3.05, 3.63) is 44.3 Å². The molecular formula is C16H14IN7O2. The van der Waals surface area contributed by atoms with Crippen LogP contribution in [0, 0.1) is 36.3 Å². The summed E-state index contributed by atoms with van der Waals surface area (Å²) in [4.78, 5) is 20.7. The third-order valence-electron chi connectivity index (χ3n) is 3.38. The number of hydrogen-bond donors (Lipinski definition) is 1. The molecule has 0 saturated carbocycles. The standard InChI is InChI=1S/C16H14IN7O2/c17-12-3-5-13(6-4-12)22-15-14(24(25)26)16(21-11-20-15)23(9-1-7-18)10-2-8-19/h3-6,11H,1-2,9-10H2,(H,20,21,22). The van der Waals surface area contributed by atoms with Crippen molar-refractivity contribution in [2.75, 3.05) is 23.3 Å². The second-order valence-corrected chi connectivity index (χ2v) is 6.33. The van der Waals surface area contributed by atoms with Gasteiger partial charge in [0, 0.05) is 22.3 Å². The van der Waals surface area contributed by atoms with Crippen LogP contribution in [0.2, 0.25) is 0 Å². The summed E-state index contributed by atoms with van der Waals surface area (Å²) in [6.07, 6.45) is 1.54. The second kappa shape index (κ2) is 9.48. The van der Waals surface area contributed by atoms with Crippen LogP contribution < -0.4 is 10.2 Å². The Hall–Kier alpha value is -2.99. The quantitative estimate of drug-likeness (QED) is 0.358. The lowest BCUT2D eigenvalue weighted by atomic mass is 10.3. The van der Waals surface area contributed by atoms with Crippen LogP contribution in [0.5, 0.6) is 0 Å². The van der Waals surface area contributed by atoms with Crippen molar-refractivity contribution in [3.63, 3.8) is 0 Å². The summed E-state index contributed by atoms with van der Waals surface area (Å²) in [7, 11) is 0. The van der Waals surface area contributed by atoms with Crippen molar-refractivity contribution in [3.8, 4) is 12.1 Å². The van der Waals surface area contributed by atoms with E-state index in [0.29, 0.717) is 5.69 Å². The Balaban J connectivity index is 2.42. The summed E-state index contributed by atoms with van der Waals surface area (Å²) < 4.78 is 1.03. The molecule has 1 heterocycles. The molecule has 0 atom stereocenters. The average molecular weight is 463 g/mol. The molecule has 0 aliphatic rings. The molecule has 132 valence electrons. The highest BCUT2D eigenvalue weighted by Crippen LogP contribution is 2.33. The van der Waals surface area contributed by atoms with E-state index in [4.69, 9.17) is 10.5 Å². The van der Waals surface area contributed by atoms with E-state index < -0.39 is 4.92 Å². The first-order valence-corrected chi connectivity index (χ1v) is 8.65. The van der Waals surface area contributed by atoms with Crippen LogP contribution in [0.4, 0.5) is 23.0 Å². The Bertz CT molecular complexity index is 840. The van der Waals surface area contributed by atoms with E-state index in [0.717, 1.165) is 3.57 Å². The molecule has 0 aliphatic heterocycles. The highest BCUT2D eigenvalue weighted by molar-refractivity contribution is 14.1. The smallest absolute Gasteiger partial charge is 0.349 e. The number of halogens is 1. The van der Waals surface area contributed by atoms with Gasteiger partial charge in [-0.05, 0) is 46.9 Å². The van der Waals surface area contributed by atoms with E-state index in [-0.39, 0.29) is 43.3 Å². The van der Waals surface area contributed by atoms with Crippen LogP contribution >= 0.6 is 22.6 Å². The highest BCUT2D eigenvalue weighted by Gasteiger charge is 2.27. The van der Waals surface area contributed by atoms with Crippen LogP contribution in [-0.4, -0.2) is 28.0 Å². The molecule has 0 spiro atoms. The van der Waals surface area contributed by atoms with Crippen molar-refractivity contribution in [2.45, 2.75) is 12.8 Å². The van der Waals surface area contributed by atoms with Gasteiger partial charge in [-0.2, -0.15) is 10.5 Å². The van der Waals surface area contributed by atoms with E-state index in [9.17, 15) is 10.1 Å². The lowest BCUT2D eigenvalue weighted by Crippen LogP contribution is -2.27. The summed E-state index contributed by atoms with van der Waals surface area (Å²) in [5.41, 5.74) is 0.362. The number of rotatable bonds is 8. The van der Waals surface area contributed by atoms with Crippen molar-refractivity contribution in [1.82, 2.24) is 9.97 Å². The number of anilines is 3.